The van der Waals surface area contributed by atoms with Crippen molar-refractivity contribution in [1.82, 2.24) is 0 Å². The largest absolute Gasteiger partial charge is 0.327 e. The summed E-state index contributed by atoms with van der Waals surface area (Å²) in [4.78, 5) is 12.5. The lowest BCUT2D eigenvalue weighted by Gasteiger charge is -2.27. The van der Waals surface area contributed by atoms with Crippen molar-refractivity contribution in [2.24, 2.45) is 23.5 Å². The van der Waals surface area contributed by atoms with Gasteiger partial charge in [0.25, 0.3) is 0 Å². The second kappa shape index (κ2) is 4.64. The van der Waals surface area contributed by atoms with Crippen LogP contribution < -0.4 is 11.1 Å². The first kappa shape index (κ1) is 12.7. The van der Waals surface area contributed by atoms with E-state index in [9.17, 15) is 4.79 Å². The second-order valence-corrected chi connectivity index (χ2v) is 6.19. The van der Waals surface area contributed by atoms with E-state index in [-0.39, 0.29) is 17.9 Å². The highest BCUT2D eigenvalue weighted by molar-refractivity contribution is 5.95. The van der Waals surface area contributed by atoms with Gasteiger partial charge < -0.3 is 11.1 Å². The monoisotopic (exact) mass is 258 g/mol. The highest BCUT2D eigenvalue weighted by Crippen LogP contribution is 2.48. The van der Waals surface area contributed by atoms with Crippen molar-refractivity contribution in [2.45, 2.75) is 39.2 Å². The van der Waals surface area contributed by atoms with E-state index in [4.69, 9.17) is 5.73 Å². The van der Waals surface area contributed by atoms with E-state index in [0.717, 1.165) is 23.2 Å². The standard InChI is InChI=1S/C16H22N2O/c1-9-4-3-5-10(2)15(9)18-16(19)13-11-6-7-12(8-11)14(13)17/h3-5,11-14H,6-8,17H2,1-2H3,(H,18,19). The van der Waals surface area contributed by atoms with Gasteiger partial charge in [0.05, 0.1) is 5.92 Å². The number of benzene rings is 1. The van der Waals surface area contributed by atoms with E-state index in [0.29, 0.717) is 11.8 Å². The Morgan fingerprint density at radius 3 is 2.42 bits per heavy atom. The maximum absolute atomic E-state index is 12.5. The van der Waals surface area contributed by atoms with E-state index in [1.54, 1.807) is 0 Å². The molecule has 3 rings (SSSR count). The van der Waals surface area contributed by atoms with Crippen LogP contribution in [0.5, 0.6) is 0 Å². The van der Waals surface area contributed by atoms with Crippen molar-refractivity contribution in [2.75, 3.05) is 5.32 Å². The Bertz CT molecular complexity index is 489. The molecule has 2 aliphatic rings. The predicted molar refractivity (Wildman–Crippen MR) is 76.8 cm³/mol. The molecule has 4 atom stereocenters. The summed E-state index contributed by atoms with van der Waals surface area (Å²) in [7, 11) is 0. The number of carbonyl (C=O) groups excluding carboxylic acids is 1. The quantitative estimate of drug-likeness (QED) is 0.856. The lowest BCUT2D eigenvalue weighted by molar-refractivity contribution is -0.121. The number of rotatable bonds is 2. The zero-order valence-corrected chi connectivity index (χ0v) is 11.6. The molecule has 19 heavy (non-hydrogen) atoms. The lowest BCUT2D eigenvalue weighted by atomic mass is 9.84. The SMILES string of the molecule is Cc1cccc(C)c1NC(=O)C1C2CCC(C2)C1N. The summed E-state index contributed by atoms with van der Waals surface area (Å²) >= 11 is 0. The topological polar surface area (TPSA) is 55.1 Å². The highest BCUT2D eigenvalue weighted by Gasteiger charge is 2.49. The molecule has 1 aromatic rings. The van der Waals surface area contributed by atoms with Gasteiger partial charge in [-0.25, -0.2) is 0 Å². The molecule has 4 unspecified atom stereocenters. The Hall–Kier alpha value is -1.35. The van der Waals surface area contributed by atoms with E-state index >= 15 is 0 Å². The van der Waals surface area contributed by atoms with Gasteiger partial charge in [0.1, 0.15) is 0 Å². The van der Waals surface area contributed by atoms with Crippen LogP contribution in [0, 0.1) is 31.6 Å². The molecular formula is C16H22N2O. The minimum Gasteiger partial charge on any atom is -0.327 e. The van der Waals surface area contributed by atoms with Gasteiger partial charge in [-0.2, -0.15) is 0 Å². The molecule has 1 amide bonds. The number of hydrogen-bond donors (Lipinski definition) is 2. The minimum atomic E-state index is 0.0118. The van der Waals surface area contributed by atoms with Gasteiger partial charge in [0.15, 0.2) is 0 Å². The summed E-state index contributed by atoms with van der Waals surface area (Å²) in [5.41, 5.74) is 9.43. The molecule has 0 heterocycles. The molecule has 0 aromatic heterocycles. The fourth-order valence-corrected chi connectivity index (χ4v) is 3.94. The third-order valence-corrected chi connectivity index (χ3v) is 5.01. The first-order chi connectivity index (χ1) is 9.08. The van der Waals surface area contributed by atoms with Crippen molar-refractivity contribution in [1.29, 1.82) is 0 Å². The van der Waals surface area contributed by atoms with Crippen LogP contribution >= 0.6 is 0 Å². The smallest absolute Gasteiger partial charge is 0.229 e. The zero-order valence-electron chi connectivity index (χ0n) is 11.6. The molecule has 0 aliphatic heterocycles. The summed E-state index contributed by atoms with van der Waals surface area (Å²) in [6, 6.07) is 6.14. The predicted octanol–water partition coefficient (Wildman–Crippen LogP) is 2.62. The maximum Gasteiger partial charge on any atom is 0.229 e. The average Bonchev–Trinajstić information content (AvgIpc) is 2.94. The van der Waals surface area contributed by atoms with Crippen LogP contribution in [0.3, 0.4) is 0 Å². The van der Waals surface area contributed by atoms with E-state index in [1.807, 2.05) is 32.0 Å². The number of hydrogen-bond acceptors (Lipinski definition) is 2. The molecule has 2 bridgehead atoms. The number of carbonyl (C=O) groups is 1. The van der Waals surface area contributed by atoms with Crippen molar-refractivity contribution in [3.05, 3.63) is 29.3 Å². The first-order valence-corrected chi connectivity index (χ1v) is 7.20. The number of amides is 1. The molecule has 2 aliphatic carbocycles. The van der Waals surface area contributed by atoms with E-state index in [1.165, 1.54) is 12.8 Å². The fourth-order valence-electron chi connectivity index (χ4n) is 3.94. The molecular weight excluding hydrogens is 236 g/mol. The van der Waals surface area contributed by atoms with Crippen LogP contribution in [-0.2, 0) is 4.79 Å². The van der Waals surface area contributed by atoms with Crippen LogP contribution in [-0.4, -0.2) is 11.9 Å². The molecule has 2 fully saturated rings. The van der Waals surface area contributed by atoms with Crippen molar-refractivity contribution < 1.29 is 4.79 Å². The molecule has 2 saturated carbocycles. The van der Waals surface area contributed by atoms with Gasteiger partial charge in [-0.15, -0.1) is 0 Å². The normalized spacial score (nSPS) is 32.6. The van der Waals surface area contributed by atoms with Gasteiger partial charge >= 0.3 is 0 Å². The molecule has 3 N–H and O–H groups in total. The second-order valence-electron chi connectivity index (χ2n) is 6.19. The third-order valence-electron chi connectivity index (χ3n) is 5.01. The molecule has 1 aromatic carbocycles. The Morgan fingerprint density at radius 1 is 1.21 bits per heavy atom. The molecule has 3 heteroatoms. The Labute approximate surface area is 114 Å². The highest BCUT2D eigenvalue weighted by atomic mass is 16.2. The van der Waals surface area contributed by atoms with Gasteiger partial charge in [-0.05, 0) is 56.1 Å². The van der Waals surface area contributed by atoms with Crippen LogP contribution in [0.2, 0.25) is 0 Å². The number of anilines is 1. The number of nitrogens with one attached hydrogen (secondary N) is 1. The summed E-state index contributed by atoms with van der Waals surface area (Å²) in [5.74, 6) is 1.21. The van der Waals surface area contributed by atoms with Gasteiger partial charge in [-0.3, -0.25) is 4.79 Å². The van der Waals surface area contributed by atoms with Crippen LogP contribution in [0.4, 0.5) is 5.69 Å². The van der Waals surface area contributed by atoms with E-state index < -0.39 is 0 Å². The molecule has 0 radical (unpaired) electrons. The summed E-state index contributed by atoms with van der Waals surface area (Å²) in [6.07, 6.45) is 3.52. The number of para-hydroxylation sites is 1. The van der Waals surface area contributed by atoms with Crippen molar-refractivity contribution in [3.63, 3.8) is 0 Å². The lowest BCUT2D eigenvalue weighted by Crippen LogP contribution is -2.42. The van der Waals surface area contributed by atoms with Crippen molar-refractivity contribution >= 4 is 11.6 Å². The molecule has 102 valence electrons. The minimum absolute atomic E-state index is 0.0118. The maximum atomic E-state index is 12.5. The van der Waals surface area contributed by atoms with Crippen molar-refractivity contribution in [3.8, 4) is 0 Å². The summed E-state index contributed by atoms with van der Waals surface area (Å²) < 4.78 is 0. The van der Waals surface area contributed by atoms with E-state index in [2.05, 4.69) is 5.32 Å². The van der Waals surface area contributed by atoms with Gasteiger partial charge in [-0.1, -0.05) is 18.2 Å². The molecule has 3 nitrogen and oxygen atoms in total. The first-order valence-electron chi connectivity index (χ1n) is 7.20. The Kier molecular flexibility index (Phi) is 3.09. The van der Waals surface area contributed by atoms with Crippen LogP contribution in [0.1, 0.15) is 30.4 Å². The van der Waals surface area contributed by atoms with Crippen LogP contribution in [0.15, 0.2) is 18.2 Å². The fraction of sp³-hybridized carbons (Fsp3) is 0.562. The average molecular weight is 258 g/mol. The van der Waals surface area contributed by atoms with Crippen LogP contribution in [0.25, 0.3) is 0 Å². The summed E-state index contributed by atoms with van der Waals surface area (Å²) in [6.45, 7) is 4.06. The number of fused-ring (bicyclic) bond motifs is 2. The number of aryl methyl sites for hydroxylation is 2. The zero-order chi connectivity index (χ0) is 13.6. The van der Waals surface area contributed by atoms with Gasteiger partial charge in [0, 0.05) is 11.7 Å². The molecule has 0 spiro atoms. The summed E-state index contributed by atoms with van der Waals surface area (Å²) in [5, 5.41) is 3.12. The Balaban J connectivity index is 1.79. The van der Waals surface area contributed by atoms with Gasteiger partial charge in [0.2, 0.25) is 5.91 Å². The molecule has 0 saturated heterocycles. The number of nitrogens with two attached hydrogens (primary N) is 1. The third kappa shape index (κ3) is 2.06. The Morgan fingerprint density at radius 2 is 1.84 bits per heavy atom.